The normalized spacial score (nSPS) is 11.2. The molecule has 3 aromatic carbocycles. The average molecular weight is 570 g/mol. The fourth-order valence-electron chi connectivity index (χ4n) is 4.38. The van der Waals surface area contributed by atoms with Crippen molar-refractivity contribution in [1.82, 2.24) is 20.1 Å². The van der Waals surface area contributed by atoms with E-state index < -0.39 is 11.7 Å². The van der Waals surface area contributed by atoms with Crippen LogP contribution in [-0.2, 0) is 17.4 Å². The van der Waals surface area contributed by atoms with Gasteiger partial charge in [0.2, 0.25) is 5.91 Å². The van der Waals surface area contributed by atoms with Crippen LogP contribution >= 0.6 is 0 Å². The lowest BCUT2D eigenvalue weighted by Crippen LogP contribution is -2.18. The monoisotopic (exact) mass is 569 g/mol. The number of pyridine rings is 1. The number of anilines is 1. The lowest BCUT2D eigenvalue weighted by molar-refractivity contribution is -0.137. The Kier molecular flexibility index (Phi) is 8.14. The van der Waals surface area contributed by atoms with Crippen molar-refractivity contribution in [1.29, 1.82) is 0 Å². The SMILES string of the molecule is CNC(=O)CCc1cc(-c2ccc(-c3ccc(C(F)(F)F)cc3)cc2)n(-c2ccc(NC(=O)c3ccccn3)cc2)n1. The quantitative estimate of drug-likeness (QED) is 0.222. The molecule has 2 aromatic heterocycles. The minimum Gasteiger partial charge on any atom is -0.359 e. The molecule has 2 N–H and O–H groups in total. The van der Waals surface area contributed by atoms with E-state index in [1.54, 1.807) is 48.3 Å². The molecule has 0 spiro atoms. The Labute approximate surface area is 240 Å². The molecule has 0 saturated carbocycles. The third-order valence-corrected chi connectivity index (χ3v) is 6.64. The first-order valence-corrected chi connectivity index (χ1v) is 13.1. The fourth-order valence-corrected chi connectivity index (χ4v) is 4.38. The third-order valence-electron chi connectivity index (χ3n) is 6.64. The summed E-state index contributed by atoms with van der Waals surface area (Å²) >= 11 is 0. The van der Waals surface area contributed by atoms with Crippen LogP contribution in [0.4, 0.5) is 18.9 Å². The van der Waals surface area contributed by atoms with Gasteiger partial charge in [0.15, 0.2) is 0 Å². The number of halogens is 3. The zero-order valence-electron chi connectivity index (χ0n) is 22.5. The summed E-state index contributed by atoms with van der Waals surface area (Å²) in [5.74, 6) is -0.423. The second kappa shape index (κ2) is 12.1. The number of carbonyl (C=O) groups is 2. The second-order valence-corrected chi connectivity index (χ2v) is 9.47. The number of aryl methyl sites for hydroxylation is 1. The van der Waals surface area contributed by atoms with E-state index in [0.717, 1.165) is 34.6 Å². The molecular formula is C32H26F3N5O2. The maximum Gasteiger partial charge on any atom is 0.416 e. The summed E-state index contributed by atoms with van der Waals surface area (Å²) in [5.41, 5.74) is 4.68. The molecule has 0 saturated heterocycles. The van der Waals surface area contributed by atoms with Crippen LogP contribution in [0.1, 0.15) is 28.2 Å². The Balaban J connectivity index is 1.42. The highest BCUT2D eigenvalue weighted by Crippen LogP contribution is 2.32. The standard InChI is InChI=1S/C32H26F3N5O2/c1-36-30(41)18-15-26-20-29(23-7-5-21(6-8-23)22-9-11-24(12-10-22)32(33,34)35)40(39-26)27-16-13-25(14-17-27)38-31(42)28-4-2-3-19-37-28/h2-14,16-17,19-20H,15,18H2,1H3,(H,36,41)(H,38,42). The molecule has 42 heavy (non-hydrogen) atoms. The van der Waals surface area contributed by atoms with Crippen LogP contribution in [0.3, 0.4) is 0 Å². The summed E-state index contributed by atoms with van der Waals surface area (Å²) in [6.45, 7) is 0. The van der Waals surface area contributed by atoms with E-state index in [-0.39, 0.29) is 18.2 Å². The lowest BCUT2D eigenvalue weighted by atomic mass is 10.0. The first kappa shape index (κ1) is 28.3. The molecule has 0 fully saturated rings. The topological polar surface area (TPSA) is 88.9 Å². The Morgan fingerprint density at radius 2 is 1.48 bits per heavy atom. The second-order valence-electron chi connectivity index (χ2n) is 9.47. The van der Waals surface area contributed by atoms with Crippen LogP contribution in [0, 0.1) is 0 Å². The van der Waals surface area contributed by atoms with Crippen molar-refractivity contribution in [3.05, 3.63) is 120 Å². The molecule has 0 aliphatic carbocycles. The van der Waals surface area contributed by atoms with Crippen LogP contribution < -0.4 is 10.6 Å². The van der Waals surface area contributed by atoms with E-state index in [4.69, 9.17) is 5.10 Å². The van der Waals surface area contributed by atoms with Crippen molar-refractivity contribution in [2.24, 2.45) is 0 Å². The van der Waals surface area contributed by atoms with Crippen molar-refractivity contribution in [3.8, 4) is 28.1 Å². The summed E-state index contributed by atoms with van der Waals surface area (Å²) in [4.78, 5) is 28.4. The number of alkyl halides is 3. The first-order valence-electron chi connectivity index (χ1n) is 13.1. The van der Waals surface area contributed by atoms with Gasteiger partial charge in [0.1, 0.15) is 5.69 Å². The molecule has 0 atom stereocenters. The molecule has 0 aliphatic rings. The summed E-state index contributed by atoms with van der Waals surface area (Å²) in [6, 6.07) is 26.7. The fraction of sp³-hybridized carbons (Fsp3) is 0.125. The summed E-state index contributed by atoms with van der Waals surface area (Å²) in [6.07, 6.45) is -2.13. The molecule has 5 rings (SSSR count). The number of aromatic nitrogens is 3. The molecule has 0 bridgehead atoms. The molecule has 5 aromatic rings. The minimum atomic E-state index is -4.39. The molecule has 2 amide bonds. The van der Waals surface area contributed by atoms with Gasteiger partial charge in [-0.15, -0.1) is 0 Å². The highest BCUT2D eigenvalue weighted by atomic mass is 19.4. The van der Waals surface area contributed by atoms with Crippen molar-refractivity contribution in [2.75, 3.05) is 12.4 Å². The largest absolute Gasteiger partial charge is 0.416 e. The summed E-state index contributed by atoms with van der Waals surface area (Å²) in [5, 5.41) is 10.2. The number of amides is 2. The zero-order chi connectivity index (χ0) is 29.7. The lowest BCUT2D eigenvalue weighted by Gasteiger charge is -2.11. The maximum atomic E-state index is 13.0. The van der Waals surface area contributed by atoms with Gasteiger partial charge in [0.25, 0.3) is 5.91 Å². The van der Waals surface area contributed by atoms with Crippen LogP contribution in [0.15, 0.2) is 103 Å². The van der Waals surface area contributed by atoms with Crippen molar-refractivity contribution >= 4 is 17.5 Å². The highest BCUT2D eigenvalue weighted by molar-refractivity contribution is 6.02. The van der Waals surface area contributed by atoms with E-state index in [2.05, 4.69) is 15.6 Å². The van der Waals surface area contributed by atoms with Gasteiger partial charge in [-0.2, -0.15) is 18.3 Å². The maximum absolute atomic E-state index is 13.0. The van der Waals surface area contributed by atoms with Gasteiger partial charge in [-0.05, 0) is 65.7 Å². The van der Waals surface area contributed by atoms with Crippen LogP contribution in [-0.4, -0.2) is 33.6 Å². The van der Waals surface area contributed by atoms with Crippen molar-refractivity contribution in [2.45, 2.75) is 19.0 Å². The van der Waals surface area contributed by atoms with Gasteiger partial charge in [-0.3, -0.25) is 14.6 Å². The molecular weight excluding hydrogens is 543 g/mol. The predicted molar refractivity (Wildman–Crippen MR) is 154 cm³/mol. The molecule has 10 heteroatoms. The first-order chi connectivity index (χ1) is 20.2. The number of benzene rings is 3. The smallest absolute Gasteiger partial charge is 0.359 e. The highest BCUT2D eigenvalue weighted by Gasteiger charge is 2.30. The number of nitrogens with zero attached hydrogens (tertiary/aromatic N) is 3. The Hall–Kier alpha value is -5.25. The van der Waals surface area contributed by atoms with Gasteiger partial charge in [-0.1, -0.05) is 42.5 Å². The van der Waals surface area contributed by atoms with Gasteiger partial charge in [-0.25, -0.2) is 4.68 Å². The van der Waals surface area contributed by atoms with Crippen molar-refractivity contribution < 1.29 is 22.8 Å². The number of carbonyl (C=O) groups excluding carboxylic acids is 2. The van der Waals surface area contributed by atoms with Crippen molar-refractivity contribution in [3.63, 3.8) is 0 Å². The number of hydrogen-bond acceptors (Lipinski definition) is 4. The molecule has 0 aliphatic heterocycles. The van der Waals surface area contributed by atoms with E-state index >= 15 is 0 Å². The molecule has 2 heterocycles. The molecule has 0 radical (unpaired) electrons. The number of nitrogens with one attached hydrogen (secondary N) is 2. The number of rotatable bonds is 8. The van der Waals surface area contributed by atoms with Gasteiger partial charge < -0.3 is 10.6 Å². The molecule has 7 nitrogen and oxygen atoms in total. The average Bonchev–Trinajstić information content (AvgIpc) is 3.44. The minimum absolute atomic E-state index is 0.0972. The Morgan fingerprint density at radius 3 is 2.07 bits per heavy atom. The Bertz CT molecular complexity index is 1680. The molecule has 0 unspecified atom stereocenters. The zero-order valence-corrected chi connectivity index (χ0v) is 22.5. The van der Waals surface area contributed by atoms with Gasteiger partial charge in [0, 0.05) is 37.3 Å². The third kappa shape index (κ3) is 6.55. The van der Waals surface area contributed by atoms with Gasteiger partial charge in [0.05, 0.1) is 22.6 Å². The van der Waals surface area contributed by atoms with E-state index in [9.17, 15) is 22.8 Å². The number of hydrogen-bond donors (Lipinski definition) is 2. The van der Waals surface area contributed by atoms with Crippen LogP contribution in [0.5, 0.6) is 0 Å². The predicted octanol–water partition coefficient (Wildman–Crippen LogP) is 6.55. The molecule has 212 valence electrons. The Morgan fingerprint density at radius 1 is 0.833 bits per heavy atom. The van der Waals surface area contributed by atoms with E-state index in [1.807, 2.05) is 42.5 Å². The summed E-state index contributed by atoms with van der Waals surface area (Å²) in [7, 11) is 1.58. The van der Waals surface area contributed by atoms with Crippen LogP contribution in [0.2, 0.25) is 0 Å². The van der Waals surface area contributed by atoms with Crippen LogP contribution in [0.25, 0.3) is 28.1 Å². The van der Waals surface area contributed by atoms with Gasteiger partial charge >= 0.3 is 6.18 Å². The van der Waals surface area contributed by atoms with E-state index in [0.29, 0.717) is 29.1 Å². The summed E-state index contributed by atoms with van der Waals surface area (Å²) < 4.78 is 40.6. The van der Waals surface area contributed by atoms with E-state index in [1.165, 1.54) is 12.1 Å².